The number of aliphatic hydroxyl groups excluding tert-OH is 1. The number of carboxylic acid groups (broad SMARTS) is 1. The number of carboxylic acids is 1. The highest BCUT2D eigenvalue weighted by Crippen LogP contribution is 2.47. The van der Waals surface area contributed by atoms with Crippen LogP contribution in [0.4, 0.5) is 0 Å². The molecule has 2 fully saturated rings. The molecule has 0 aromatic carbocycles. The van der Waals surface area contributed by atoms with Gasteiger partial charge >= 0.3 is 5.97 Å². The van der Waals surface area contributed by atoms with Gasteiger partial charge in [0.2, 0.25) is 0 Å². The molecule has 0 radical (unpaired) electrons. The van der Waals surface area contributed by atoms with E-state index in [2.05, 4.69) is 25.2 Å². The van der Waals surface area contributed by atoms with E-state index in [0.29, 0.717) is 30.3 Å². The lowest BCUT2D eigenvalue weighted by Gasteiger charge is -2.28. The first-order valence-electron chi connectivity index (χ1n) is 9.96. The van der Waals surface area contributed by atoms with E-state index < -0.39 is 5.97 Å². The number of ether oxygens (including phenoxy) is 1. The van der Waals surface area contributed by atoms with Gasteiger partial charge in [-0.2, -0.15) is 0 Å². The number of aliphatic hydroxyl groups is 1. The van der Waals surface area contributed by atoms with Crippen LogP contribution >= 0.6 is 0 Å². The standard InChI is InChI=1S/C21H34O4/c1-2-3-6-9-17(22)12-13-19-18(16-14-20(19)25-15-16)10-7-4-5-8-11-21(23)24/h4,7,12-13,16-20,22H,2-3,5-6,8-11,14-15H2,1H3,(H,23,24)/b7-4+,13-12?/t16-,17+,18+,19-,20-/m1/s1. The van der Waals surface area contributed by atoms with Crippen LogP contribution in [-0.2, 0) is 9.53 Å². The van der Waals surface area contributed by atoms with Gasteiger partial charge in [0.15, 0.2) is 0 Å². The number of unbranched alkanes of at least 4 members (excludes halogenated alkanes) is 3. The number of hydrogen-bond acceptors (Lipinski definition) is 3. The third-order valence-electron chi connectivity index (χ3n) is 5.58. The van der Waals surface area contributed by atoms with Crippen molar-refractivity contribution in [1.82, 2.24) is 0 Å². The molecule has 0 aromatic heterocycles. The number of aliphatic carboxylic acids is 1. The van der Waals surface area contributed by atoms with Gasteiger partial charge in [-0.05, 0) is 43.9 Å². The molecule has 5 atom stereocenters. The lowest BCUT2D eigenvalue weighted by atomic mass is 9.84. The maximum Gasteiger partial charge on any atom is 0.303 e. The maximum atomic E-state index is 10.5. The van der Waals surface area contributed by atoms with Crippen LogP contribution < -0.4 is 0 Å². The topological polar surface area (TPSA) is 66.8 Å². The third-order valence-corrected chi connectivity index (χ3v) is 5.58. The predicted molar refractivity (Wildman–Crippen MR) is 99.4 cm³/mol. The van der Waals surface area contributed by atoms with E-state index in [1.165, 1.54) is 12.8 Å². The molecular weight excluding hydrogens is 316 g/mol. The monoisotopic (exact) mass is 350 g/mol. The van der Waals surface area contributed by atoms with Crippen LogP contribution in [0.5, 0.6) is 0 Å². The van der Waals surface area contributed by atoms with E-state index in [0.717, 1.165) is 38.7 Å². The fraction of sp³-hybridized carbons (Fsp3) is 0.762. The van der Waals surface area contributed by atoms with Gasteiger partial charge in [-0.3, -0.25) is 4.79 Å². The van der Waals surface area contributed by atoms with Crippen LogP contribution in [0.3, 0.4) is 0 Å². The number of rotatable bonds is 12. The largest absolute Gasteiger partial charge is 0.481 e. The molecule has 1 heterocycles. The molecule has 4 nitrogen and oxygen atoms in total. The van der Waals surface area contributed by atoms with Gasteiger partial charge in [-0.25, -0.2) is 0 Å². The summed E-state index contributed by atoms with van der Waals surface area (Å²) in [6.07, 6.45) is 16.7. The van der Waals surface area contributed by atoms with Crippen LogP contribution in [-0.4, -0.2) is 35.0 Å². The summed E-state index contributed by atoms with van der Waals surface area (Å²) in [5.74, 6) is 0.902. The van der Waals surface area contributed by atoms with Crippen molar-refractivity contribution in [2.45, 2.75) is 76.9 Å². The van der Waals surface area contributed by atoms with Crippen molar-refractivity contribution in [3.8, 4) is 0 Å². The van der Waals surface area contributed by atoms with Crippen molar-refractivity contribution in [1.29, 1.82) is 0 Å². The van der Waals surface area contributed by atoms with Gasteiger partial charge in [0, 0.05) is 12.3 Å². The second-order valence-corrected chi connectivity index (χ2v) is 7.55. The van der Waals surface area contributed by atoms with E-state index in [1.54, 1.807) is 0 Å². The summed E-state index contributed by atoms with van der Waals surface area (Å²) < 4.78 is 5.87. The molecule has 25 heavy (non-hydrogen) atoms. The summed E-state index contributed by atoms with van der Waals surface area (Å²) in [4.78, 5) is 10.5. The zero-order chi connectivity index (χ0) is 18.1. The van der Waals surface area contributed by atoms with Gasteiger partial charge in [0.05, 0.1) is 18.8 Å². The van der Waals surface area contributed by atoms with Gasteiger partial charge in [-0.1, -0.05) is 50.5 Å². The fourth-order valence-corrected chi connectivity index (χ4v) is 4.15. The molecule has 1 saturated carbocycles. The summed E-state index contributed by atoms with van der Waals surface area (Å²) in [7, 11) is 0. The fourth-order valence-electron chi connectivity index (χ4n) is 4.15. The van der Waals surface area contributed by atoms with Gasteiger partial charge in [0.1, 0.15) is 0 Å². The number of hydrogen-bond donors (Lipinski definition) is 2. The molecule has 2 N–H and O–H groups in total. The predicted octanol–water partition coefficient (Wildman–Crippen LogP) is 4.34. The normalized spacial score (nSPS) is 29.8. The van der Waals surface area contributed by atoms with Crippen LogP contribution in [0.15, 0.2) is 24.3 Å². The quantitative estimate of drug-likeness (QED) is 0.406. The highest BCUT2D eigenvalue weighted by atomic mass is 16.5. The van der Waals surface area contributed by atoms with Crippen LogP contribution in [0, 0.1) is 17.8 Å². The Bertz CT molecular complexity index is 457. The van der Waals surface area contributed by atoms with E-state index in [4.69, 9.17) is 9.84 Å². The second kappa shape index (κ2) is 10.8. The first-order chi connectivity index (χ1) is 12.1. The first-order valence-corrected chi connectivity index (χ1v) is 9.96. The average Bonchev–Trinajstić information content (AvgIpc) is 3.17. The zero-order valence-electron chi connectivity index (χ0n) is 15.5. The molecule has 1 aliphatic heterocycles. The van der Waals surface area contributed by atoms with Gasteiger partial charge < -0.3 is 14.9 Å². The first kappa shape index (κ1) is 20.2. The highest BCUT2D eigenvalue weighted by molar-refractivity contribution is 5.66. The summed E-state index contributed by atoms with van der Waals surface area (Å²) in [5, 5.41) is 18.8. The SMILES string of the molecule is CCCCC[C@H](O)C=C[C@@H]1[C@@H](C/C=C/CCCC(=O)O)[C@H]2CO[C@@H]1C2. The second-order valence-electron chi connectivity index (χ2n) is 7.55. The summed E-state index contributed by atoms with van der Waals surface area (Å²) >= 11 is 0. The number of fused-ring (bicyclic) bond motifs is 2. The number of allylic oxidation sites excluding steroid dienone is 2. The smallest absolute Gasteiger partial charge is 0.303 e. The summed E-state index contributed by atoms with van der Waals surface area (Å²) in [6, 6.07) is 0. The Kier molecular flexibility index (Phi) is 8.70. The Hall–Kier alpha value is -1.13. The number of carbonyl (C=O) groups is 1. The molecule has 4 heteroatoms. The van der Waals surface area contributed by atoms with E-state index in [-0.39, 0.29) is 12.5 Å². The van der Waals surface area contributed by atoms with Crippen LogP contribution in [0.2, 0.25) is 0 Å². The average molecular weight is 350 g/mol. The molecule has 2 rings (SSSR count). The summed E-state index contributed by atoms with van der Waals surface area (Å²) in [5.41, 5.74) is 0. The molecule has 2 aliphatic rings. The highest BCUT2D eigenvalue weighted by Gasteiger charge is 2.46. The Balaban J connectivity index is 1.78. The van der Waals surface area contributed by atoms with Crippen LogP contribution in [0.1, 0.15) is 64.7 Å². The van der Waals surface area contributed by atoms with Crippen molar-refractivity contribution in [2.75, 3.05) is 6.61 Å². The Morgan fingerprint density at radius 2 is 2.12 bits per heavy atom. The van der Waals surface area contributed by atoms with E-state index in [9.17, 15) is 9.90 Å². The maximum absolute atomic E-state index is 10.5. The third kappa shape index (κ3) is 6.59. The Morgan fingerprint density at radius 1 is 1.28 bits per heavy atom. The van der Waals surface area contributed by atoms with Gasteiger partial charge in [0.25, 0.3) is 0 Å². The van der Waals surface area contributed by atoms with Crippen molar-refractivity contribution in [2.24, 2.45) is 17.8 Å². The minimum atomic E-state index is -0.721. The molecule has 0 unspecified atom stereocenters. The van der Waals surface area contributed by atoms with E-state index in [1.807, 2.05) is 6.08 Å². The molecule has 1 aliphatic carbocycles. The zero-order valence-corrected chi connectivity index (χ0v) is 15.5. The molecular formula is C21H34O4. The van der Waals surface area contributed by atoms with Gasteiger partial charge in [-0.15, -0.1) is 0 Å². The minimum Gasteiger partial charge on any atom is -0.481 e. The Labute approximate surface area is 152 Å². The molecule has 2 bridgehead atoms. The van der Waals surface area contributed by atoms with E-state index >= 15 is 0 Å². The lowest BCUT2D eigenvalue weighted by Crippen LogP contribution is -2.27. The molecule has 0 aromatic rings. The van der Waals surface area contributed by atoms with Crippen LogP contribution in [0.25, 0.3) is 0 Å². The van der Waals surface area contributed by atoms with Crippen molar-refractivity contribution in [3.05, 3.63) is 24.3 Å². The minimum absolute atomic E-state index is 0.244. The molecule has 1 saturated heterocycles. The lowest BCUT2D eigenvalue weighted by molar-refractivity contribution is -0.137. The van der Waals surface area contributed by atoms with Crippen molar-refractivity contribution in [3.63, 3.8) is 0 Å². The molecule has 0 amide bonds. The molecule has 142 valence electrons. The molecule has 0 spiro atoms. The summed E-state index contributed by atoms with van der Waals surface area (Å²) in [6.45, 7) is 3.04. The van der Waals surface area contributed by atoms with Crippen molar-refractivity contribution < 1.29 is 19.7 Å². The van der Waals surface area contributed by atoms with Crippen molar-refractivity contribution >= 4 is 5.97 Å². The Morgan fingerprint density at radius 3 is 2.88 bits per heavy atom.